The molecule has 4 nitrogen and oxygen atoms in total. The molecule has 0 aromatic heterocycles. The zero-order valence-corrected chi connectivity index (χ0v) is 16.0. The lowest BCUT2D eigenvalue weighted by molar-refractivity contribution is -0.126. The van der Waals surface area contributed by atoms with Gasteiger partial charge in [0.05, 0.1) is 7.11 Å². The number of hydrogen-bond acceptors (Lipinski definition) is 4. The molecule has 1 heterocycles. The van der Waals surface area contributed by atoms with E-state index in [0.717, 1.165) is 43.2 Å². The Morgan fingerprint density at radius 2 is 1.81 bits per heavy atom. The fourth-order valence-corrected chi connectivity index (χ4v) is 3.39. The molecule has 0 spiro atoms. The Morgan fingerprint density at radius 1 is 1.08 bits per heavy atom. The van der Waals surface area contributed by atoms with E-state index in [1.807, 2.05) is 41.3 Å². The first-order valence-corrected chi connectivity index (χ1v) is 9.92. The number of piperazine rings is 1. The van der Waals surface area contributed by atoms with Crippen LogP contribution in [0.4, 0.5) is 5.69 Å². The van der Waals surface area contributed by atoms with Gasteiger partial charge in [-0.3, -0.25) is 4.79 Å². The van der Waals surface area contributed by atoms with E-state index in [4.69, 9.17) is 4.74 Å². The van der Waals surface area contributed by atoms with E-state index in [0.29, 0.717) is 0 Å². The largest absolute Gasteiger partial charge is 0.497 e. The summed E-state index contributed by atoms with van der Waals surface area (Å²) >= 11 is 1.71. The quantitative estimate of drug-likeness (QED) is 0.594. The Morgan fingerprint density at radius 3 is 2.46 bits per heavy atom. The van der Waals surface area contributed by atoms with E-state index in [-0.39, 0.29) is 5.91 Å². The normalized spacial score (nSPS) is 14.7. The molecular weight excluding hydrogens is 344 g/mol. The van der Waals surface area contributed by atoms with Gasteiger partial charge in [0.2, 0.25) is 5.91 Å². The molecule has 3 rings (SSSR count). The molecule has 0 radical (unpaired) electrons. The summed E-state index contributed by atoms with van der Waals surface area (Å²) in [5.74, 6) is 0.931. The van der Waals surface area contributed by atoms with Crippen molar-refractivity contribution in [3.05, 3.63) is 60.2 Å². The minimum atomic E-state index is 0.0734. The van der Waals surface area contributed by atoms with Crippen molar-refractivity contribution in [1.29, 1.82) is 0 Å². The highest BCUT2D eigenvalue weighted by Gasteiger charge is 2.20. The SMILES string of the molecule is COc1cccc(N2CCN(C(=O)/C=C/c3ccc(SC)cc3)CC2)c1. The molecule has 0 aliphatic carbocycles. The number of anilines is 1. The van der Waals surface area contributed by atoms with Gasteiger partial charge in [-0.1, -0.05) is 18.2 Å². The van der Waals surface area contributed by atoms with Crippen molar-refractivity contribution in [1.82, 2.24) is 4.90 Å². The molecule has 2 aromatic rings. The van der Waals surface area contributed by atoms with Crippen LogP contribution < -0.4 is 9.64 Å². The fraction of sp³-hybridized carbons (Fsp3) is 0.286. The lowest BCUT2D eigenvalue weighted by Crippen LogP contribution is -2.48. The molecule has 1 aliphatic heterocycles. The molecule has 1 fully saturated rings. The Bertz CT molecular complexity index is 766. The first-order valence-electron chi connectivity index (χ1n) is 8.69. The molecule has 1 saturated heterocycles. The molecule has 2 aromatic carbocycles. The number of ether oxygens (including phenoxy) is 1. The van der Waals surface area contributed by atoms with Crippen LogP contribution >= 0.6 is 11.8 Å². The van der Waals surface area contributed by atoms with Crippen LogP contribution in [0.3, 0.4) is 0 Å². The van der Waals surface area contributed by atoms with E-state index in [1.165, 1.54) is 4.90 Å². The van der Waals surface area contributed by atoms with Crippen LogP contribution in [0, 0.1) is 0 Å². The number of nitrogens with zero attached hydrogens (tertiary/aromatic N) is 2. The highest BCUT2D eigenvalue weighted by atomic mass is 32.2. The molecule has 1 aliphatic rings. The number of carbonyl (C=O) groups excluding carboxylic acids is 1. The number of hydrogen-bond donors (Lipinski definition) is 0. The second kappa shape index (κ2) is 8.81. The van der Waals surface area contributed by atoms with Gasteiger partial charge in [0.1, 0.15) is 5.75 Å². The minimum Gasteiger partial charge on any atom is -0.497 e. The minimum absolute atomic E-state index is 0.0734. The fourth-order valence-electron chi connectivity index (χ4n) is 2.98. The number of thioether (sulfide) groups is 1. The molecule has 0 N–H and O–H groups in total. The van der Waals surface area contributed by atoms with Crippen LogP contribution in [0.25, 0.3) is 6.08 Å². The number of carbonyl (C=O) groups is 1. The molecule has 0 atom stereocenters. The van der Waals surface area contributed by atoms with Gasteiger partial charge in [-0.25, -0.2) is 0 Å². The molecule has 0 unspecified atom stereocenters. The van der Waals surface area contributed by atoms with Crippen molar-refractivity contribution in [3.63, 3.8) is 0 Å². The molecule has 1 amide bonds. The van der Waals surface area contributed by atoms with E-state index in [2.05, 4.69) is 29.4 Å². The third-order valence-corrected chi connectivity index (χ3v) is 5.29. The topological polar surface area (TPSA) is 32.8 Å². The molecule has 136 valence electrons. The molecule has 0 bridgehead atoms. The van der Waals surface area contributed by atoms with Crippen molar-refractivity contribution in [3.8, 4) is 5.75 Å². The van der Waals surface area contributed by atoms with Gasteiger partial charge in [0.15, 0.2) is 0 Å². The Hall–Kier alpha value is -2.40. The first kappa shape index (κ1) is 18.4. The van der Waals surface area contributed by atoms with Crippen LogP contribution in [0.15, 0.2) is 59.5 Å². The molecule has 0 saturated carbocycles. The number of benzene rings is 2. The zero-order chi connectivity index (χ0) is 18.4. The van der Waals surface area contributed by atoms with Crippen LogP contribution in [-0.4, -0.2) is 50.4 Å². The second-order valence-electron chi connectivity index (χ2n) is 6.12. The molecule has 5 heteroatoms. The summed E-state index contributed by atoms with van der Waals surface area (Å²) in [5, 5.41) is 0. The maximum absolute atomic E-state index is 12.4. The molecule has 26 heavy (non-hydrogen) atoms. The average Bonchev–Trinajstić information content (AvgIpc) is 2.72. The van der Waals surface area contributed by atoms with Gasteiger partial charge in [-0.2, -0.15) is 0 Å². The lowest BCUT2D eigenvalue weighted by Gasteiger charge is -2.35. The van der Waals surface area contributed by atoms with Gasteiger partial charge < -0.3 is 14.5 Å². The summed E-state index contributed by atoms with van der Waals surface area (Å²) in [5.41, 5.74) is 2.19. The van der Waals surface area contributed by atoms with Crippen molar-refractivity contribution in [2.45, 2.75) is 4.90 Å². The van der Waals surface area contributed by atoms with Crippen LogP contribution in [0.1, 0.15) is 5.56 Å². The number of amides is 1. The Labute approximate surface area is 159 Å². The van der Waals surface area contributed by atoms with Crippen LogP contribution in [-0.2, 0) is 4.79 Å². The maximum Gasteiger partial charge on any atom is 0.246 e. The number of methoxy groups -OCH3 is 1. The van der Waals surface area contributed by atoms with Gasteiger partial charge >= 0.3 is 0 Å². The standard InChI is InChI=1S/C21H24N2O2S/c1-25-19-5-3-4-18(16-19)22-12-14-23(15-13-22)21(24)11-8-17-6-9-20(26-2)10-7-17/h3-11,16H,12-15H2,1-2H3/b11-8+. The Kier molecular flexibility index (Phi) is 6.23. The van der Waals surface area contributed by atoms with Gasteiger partial charge in [0.25, 0.3) is 0 Å². The summed E-state index contributed by atoms with van der Waals surface area (Å²) in [6.07, 6.45) is 5.62. The monoisotopic (exact) mass is 368 g/mol. The second-order valence-corrected chi connectivity index (χ2v) is 7.00. The van der Waals surface area contributed by atoms with Crippen LogP contribution in [0.5, 0.6) is 5.75 Å². The van der Waals surface area contributed by atoms with Gasteiger partial charge in [-0.05, 0) is 42.2 Å². The van der Waals surface area contributed by atoms with Crippen molar-refractivity contribution < 1.29 is 9.53 Å². The first-order chi connectivity index (χ1) is 12.7. The van der Waals surface area contributed by atoms with E-state index >= 15 is 0 Å². The smallest absolute Gasteiger partial charge is 0.246 e. The zero-order valence-electron chi connectivity index (χ0n) is 15.2. The highest BCUT2D eigenvalue weighted by molar-refractivity contribution is 7.98. The summed E-state index contributed by atoms with van der Waals surface area (Å²) in [4.78, 5) is 17.9. The Balaban J connectivity index is 1.55. The average molecular weight is 369 g/mol. The predicted octanol–water partition coefficient (Wildman–Crippen LogP) is 3.78. The lowest BCUT2D eigenvalue weighted by atomic mass is 10.2. The summed E-state index contributed by atoms with van der Waals surface area (Å²) < 4.78 is 5.29. The number of rotatable bonds is 5. The molecular formula is C21H24N2O2S. The summed E-state index contributed by atoms with van der Waals surface area (Å²) in [7, 11) is 1.68. The van der Waals surface area contributed by atoms with Crippen LogP contribution in [0.2, 0.25) is 0 Å². The van der Waals surface area contributed by atoms with Crippen molar-refractivity contribution in [2.75, 3.05) is 44.4 Å². The van der Waals surface area contributed by atoms with Gasteiger partial charge in [-0.15, -0.1) is 11.8 Å². The summed E-state index contributed by atoms with van der Waals surface area (Å²) in [6, 6.07) is 16.3. The third-order valence-electron chi connectivity index (χ3n) is 4.54. The van der Waals surface area contributed by atoms with E-state index in [9.17, 15) is 4.79 Å². The summed E-state index contributed by atoms with van der Waals surface area (Å²) in [6.45, 7) is 3.11. The van der Waals surface area contributed by atoms with Crippen molar-refractivity contribution in [2.24, 2.45) is 0 Å². The van der Waals surface area contributed by atoms with Gasteiger partial charge in [0, 0.05) is 48.9 Å². The van der Waals surface area contributed by atoms with E-state index < -0.39 is 0 Å². The predicted molar refractivity (Wildman–Crippen MR) is 109 cm³/mol. The highest BCUT2D eigenvalue weighted by Crippen LogP contribution is 2.22. The third kappa shape index (κ3) is 4.61. The van der Waals surface area contributed by atoms with Crippen molar-refractivity contribution >= 4 is 29.4 Å². The van der Waals surface area contributed by atoms with E-state index in [1.54, 1.807) is 24.9 Å². The maximum atomic E-state index is 12.4.